The molecule has 3 nitrogen and oxygen atoms in total. The molecule has 0 aromatic carbocycles. The predicted octanol–water partition coefficient (Wildman–Crippen LogP) is 4.06. The summed E-state index contributed by atoms with van der Waals surface area (Å²) < 4.78 is 0. The van der Waals surface area contributed by atoms with Crippen molar-refractivity contribution >= 4 is 22.7 Å². The molecule has 2 aromatic heterocycles. The summed E-state index contributed by atoms with van der Waals surface area (Å²) in [5, 5.41) is 7.71. The Hall–Kier alpha value is -0.780. The van der Waals surface area contributed by atoms with Gasteiger partial charge in [0.15, 0.2) is 0 Å². The first-order valence-electron chi connectivity index (χ1n) is 6.62. The van der Waals surface area contributed by atoms with Gasteiger partial charge in [-0.1, -0.05) is 27.7 Å². The Morgan fingerprint density at radius 2 is 2.11 bits per heavy atom. The van der Waals surface area contributed by atoms with Gasteiger partial charge in [-0.05, 0) is 13.0 Å². The molecule has 19 heavy (non-hydrogen) atoms. The zero-order valence-electron chi connectivity index (χ0n) is 12.0. The van der Waals surface area contributed by atoms with Crippen LogP contribution in [0.4, 0.5) is 0 Å². The lowest BCUT2D eigenvalue weighted by Gasteiger charge is -2.13. The molecular formula is C14H21N3S2. The summed E-state index contributed by atoms with van der Waals surface area (Å²) in [7, 11) is 0. The van der Waals surface area contributed by atoms with Gasteiger partial charge >= 0.3 is 0 Å². The van der Waals surface area contributed by atoms with Gasteiger partial charge < -0.3 is 5.32 Å². The van der Waals surface area contributed by atoms with Crippen molar-refractivity contribution in [3.8, 4) is 10.7 Å². The fourth-order valence-electron chi connectivity index (χ4n) is 1.61. The van der Waals surface area contributed by atoms with E-state index in [9.17, 15) is 0 Å². The Morgan fingerprint density at radius 3 is 2.74 bits per heavy atom. The second-order valence-corrected chi connectivity index (χ2v) is 7.57. The monoisotopic (exact) mass is 295 g/mol. The van der Waals surface area contributed by atoms with Gasteiger partial charge in [0.05, 0.1) is 5.01 Å². The molecule has 0 bridgehead atoms. The van der Waals surface area contributed by atoms with E-state index in [0.717, 1.165) is 30.2 Å². The molecule has 2 rings (SSSR count). The Balaban J connectivity index is 2.08. The fraction of sp³-hybridized carbons (Fsp3) is 0.571. The van der Waals surface area contributed by atoms with Gasteiger partial charge in [0.1, 0.15) is 10.7 Å². The van der Waals surface area contributed by atoms with Gasteiger partial charge in [-0.15, -0.1) is 22.7 Å². The third-order valence-electron chi connectivity index (χ3n) is 2.64. The molecule has 0 aliphatic rings. The normalized spacial score (nSPS) is 12.0. The molecule has 0 saturated heterocycles. The maximum absolute atomic E-state index is 4.71. The molecule has 0 aliphatic heterocycles. The second kappa shape index (κ2) is 6.11. The van der Waals surface area contributed by atoms with Crippen LogP contribution in [0.5, 0.6) is 0 Å². The summed E-state index contributed by atoms with van der Waals surface area (Å²) in [6.07, 6.45) is 3.12. The summed E-state index contributed by atoms with van der Waals surface area (Å²) in [5.74, 6) is 0. The zero-order chi connectivity index (χ0) is 13.9. The van der Waals surface area contributed by atoms with E-state index < -0.39 is 0 Å². The Labute approximate surface area is 123 Å². The van der Waals surface area contributed by atoms with Gasteiger partial charge in [-0.25, -0.2) is 9.97 Å². The van der Waals surface area contributed by atoms with E-state index in [1.165, 1.54) is 9.88 Å². The molecule has 0 aliphatic carbocycles. The Kier molecular flexibility index (Phi) is 4.71. The van der Waals surface area contributed by atoms with Gasteiger partial charge in [-0.3, -0.25) is 0 Å². The van der Waals surface area contributed by atoms with Crippen molar-refractivity contribution in [2.75, 3.05) is 6.54 Å². The van der Waals surface area contributed by atoms with Crippen LogP contribution in [0.2, 0.25) is 0 Å². The number of aromatic nitrogens is 2. The van der Waals surface area contributed by atoms with Crippen molar-refractivity contribution < 1.29 is 0 Å². The molecule has 0 saturated carbocycles. The standard InChI is InChI=1S/C14H21N3S2/c1-5-6-15-7-10-8-16-12(19-10)11-9-18-13(17-11)14(2,3)4/h8-9,15H,5-7H2,1-4H3. The molecule has 1 N–H and O–H groups in total. The van der Waals surface area contributed by atoms with Crippen molar-refractivity contribution in [2.24, 2.45) is 0 Å². The molecule has 104 valence electrons. The average molecular weight is 295 g/mol. The van der Waals surface area contributed by atoms with E-state index >= 15 is 0 Å². The van der Waals surface area contributed by atoms with Crippen molar-refractivity contribution in [2.45, 2.75) is 46.1 Å². The number of hydrogen-bond donors (Lipinski definition) is 1. The van der Waals surface area contributed by atoms with E-state index in [2.05, 4.69) is 43.4 Å². The van der Waals surface area contributed by atoms with E-state index in [1.807, 2.05) is 6.20 Å². The zero-order valence-corrected chi connectivity index (χ0v) is 13.6. The molecule has 0 amide bonds. The van der Waals surface area contributed by atoms with Crippen LogP contribution in [0.3, 0.4) is 0 Å². The maximum atomic E-state index is 4.71. The lowest BCUT2D eigenvalue weighted by Crippen LogP contribution is -2.12. The van der Waals surface area contributed by atoms with E-state index in [-0.39, 0.29) is 5.41 Å². The molecule has 0 fully saturated rings. The highest BCUT2D eigenvalue weighted by Crippen LogP contribution is 2.31. The minimum Gasteiger partial charge on any atom is -0.312 e. The highest BCUT2D eigenvalue weighted by atomic mass is 32.1. The fourth-order valence-corrected chi connectivity index (χ4v) is 3.42. The largest absolute Gasteiger partial charge is 0.312 e. The minimum atomic E-state index is 0.117. The van der Waals surface area contributed by atoms with E-state index in [4.69, 9.17) is 4.98 Å². The first-order chi connectivity index (χ1) is 9.00. The summed E-state index contributed by atoms with van der Waals surface area (Å²) in [6, 6.07) is 0. The molecule has 0 unspecified atom stereocenters. The van der Waals surface area contributed by atoms with Crippen LogP contribution in [0, 0.1) is 0 Å². The quantitative estimate of drug-likeness (QED) is 0.845. The maximum Gasteiger partial charge on any atom is 0.142 e. The summed E-state index contributed by atoms with van der Waals surface area (Å²) in [5.41, 5.74) is 1.13. The van der Waals surface area contributed by atoms with Crippen LogP contribution >= 0.6 is 22.7 Å². The van der Waals surface area contributed by atoms with Gasteiger partial charge in [0, 0.05) is 28.4 Å². The van der Waals surface area contributed by atoms with Crippen LogP contribution in [0.15, 0.2) is 11.6 Å². The Morgan fingerprint density at radius 1 is 1.32 bits per heavy atom. The average Bonchev–Trinajstić information content (AvgIpc) is 2.96. The molecule has 2 aromatic rings. The topological polar surface area (TPSA) is 37.8 Å². The predicted molar refractivity (Wildman–Crippen MR) is 83.9 cm³/mol. The molecule has 0 atom stereocenters. The number of hydrogen-bond acceptors (Lipinski definition) is 5. The Bertz CT molecular complexity index is 523. The summed E-state index contributed by atoms with van der Waals surface area (Å²) in [4.78, 5) is 10.5. The van der Waals surface area contributed by atoms with Crippen LogP contribution in [0.1, 0.15) is 44.0 Å². The highest BCUT2D eigenvalue weighted by molar-refractivity contribution is 7.15. The smallest absolute Gasteiger partial charge is 0.142 e. The van der Waals surface area contributed by atoms with Crippen molar-refractivity contribution in [3.63, 3.8) is 0 Å². The van der Waals surface area contributed by atoms with Gasteiger partial charge in [-0.2, -0.15) is 0 Å². The van der Waals surface area contributed by atoms with Crippen LogP contribution < -0.4 is 5.32 Å². The SMILES string of the molecule is CCCNCc1cnc(-c2csc(C(C)(C)C)n2)s1. The first-order valence-corrected chi connectivity index (χ1v) is 8.32. The third kappa shape index (κ3) is 3.84. The van der Waals surface area contributed by atoms with Crippen LogP contribution in [0.25, 0.3) is 10.7 Å². The van der Waals surface area contributed by atoms with Crippen LogP contribution in [-0.4, -0.2) is 16.5 Å². The van der Waals surface area contributed by atoms with E-state index in [0.29, 0.717) is 0 Å². The number of thiazole rings is 2. The second-order valence-electron chi connectivity index (χ2n) is 5.60. The lowest BCUT2D eigenvalue weighted by atomic mass is 9.98. The number of rotatable bonds is 5. The van der Waals surface area contributed by atoms with E-state index in [1.54, 1.807) is 22.7 Å². The highest BCUT2D eigenvalue weighted by Gasteiger charge is 2.19. The molecule has 0 radical (unpaired) electrons. The van der Waals surface area contributed by atoms with Crippen molar-refractivity contribution in [3.05, 3.63) is 21.5 Å². The van der Waals surface area contributed by atoms with Crippen molar-refractivity contribution in [1.29, 1.82) is 0 Å². The van der Waals surface area contributed by atoms with Gasteiger partial charge in [0.25, 0.3) is 0 Å². The first kappa shape index (κ1) is 14.6. The lowest BCUT2D eigenvalue weighted by molar-refractivity contribution is 0.586. The van der Waals surface area contributed by atoms with Gasteiger partial charge in [0.2, 0.25) is 0 Å². The summed E-state index contributed by atoms with van der Waals surface area (Å²) >= 11 is 3.45. The molecule has 2 heterocycles. The molecular weight excluding hydrogens is 274 g/mol. The molecule has 5 heteroatoms. The van der Waals surface area contributed by atoms with Crippen LogP contribution in [-0.2, 0) is 12.0 Å². The molecule has 0 spiro atoms. The third-order valence-corrected chi connectivity index (χ3v) is 4.93. The number of nitrogens with one attached hydrogen (secondary N) is 1. The number of nitrogens with zero attached hydrogens (tertiary/aromatic N) is 2. The van der Waals surface area contributed by atoms with Crippen molar-refractivity contribution in [1.82, 2.24) is 15.3 Å². The summed E-state index contributed by atoms with van der Waals surface area (Å²) in [6.45, 7) is 10.7. The minimum absolute atomic E-state index is 0.117.